The number of halogens is 1. The Morgan fingerprint density at radius 2 is 2.00 bits per heavy atom. The summed E-state index contributed by atoms with van der Waals surface area (Å²) in [7, 11) is 0. The highest BCUT2D eigenvalue weighted by Gasteiger charge is 2.12. The molecule has 0 aromatic heterocycles. The van der Waals surface area contributed by atoms with Crippen molar-refractivity contribution in [2.45, 2.75) is 26.3 Å². The normalized spacial score (nSPS) is 11.7. The molecule has 2 N–H and O–H groups in total. The van der Waals surface area contributed by atoms with Crippen molar-refractivity contribution in [2.24, 2.45) is 0 Å². The van der Waals surface area contributed by atoms with Crippen molar-refractivity contribution in [3.63, 3.8) is 0 Å². The van der Waals surface area contributed by atoms with Crippen molar-refractivity contribution in [2.75, 3.05) is 6.54 Å². The fraction of sp³-hybridized carbons (Fsp3) is 0.385. The third-order valence-corrected chi connectivity index (χ3v) is 2.46. The van der Waals surface area contributed by atoms with E-state index in [0.717, 1.165) is 0 Å². The van der Waals surface area contributed by atoms with E-state index in [4.69, 9.17) is 0 Å². The summed E-state index contributed by atoms with van der Waals surface area (Å²) in [6, 6.07) is 5.86. The fourth-order valence-corrected chi connectivity index (χ4v) is 1.55. The predicted octanol–water partition coefficient (Wildman–Crippen LogP) is 1.01. The molecule has 0 heterocycles. The van der Waals surface area contributed by atoms with Crippen LogP contribution >= 0.6 is 0 Å². The molecule has 1 unspecified atom stereocenters. The molecule has 0 aliphatic carbocycles. The molecule has 18 heavy (non-hydrogen) atoms. The van der Waals surface area contributed by atoms with Crippen LogP contribution in [0, 0.1) is 5.82 Å². The second kappa shape index (κ2) is 6.74. The van der Waals surface area contributed by atoms with E-state index in [0.29, 0.717) is 18.5 Å². The van der Waals surface area contributed by atoms with Crippen molar-refractivity contribution in [3.8, 4) is 0 Å². The van der Waals surface area contributed by atoms with Gasteiger partial charge in [0.2, 0.25) is 11.8 Å². The molecule has 5 heteroatoms. The number of carbonyl (C=O) groups excluding carboxylic acids is 2. The van der Waals surface area contributed by atoms with Crippen LogP contribution in [0.2, 0.25) is 0 Å². The number of rotatable bonds is 5. The van der Waals surface area contributed by atoms with Gasteiger partial charge < -0.3 is 10.6 Å². The van der Waals surface area contributed by atoms with Gasteiger partial charge in [0.15, 0.2) is 0 Å². The summed E-state index contributed by atoms with van der Waals surface area (Å²) in [6.45, 7) is 3.28. The fourth-order valence-electron chi connectivity index (χ4n) is 1.55. The maximum absolute atomic E-state index is 13.3. The molecule has 0 saturated carbocycles. The molecule has 0 bridgehead atoms. The summed E-state index contributed by atoms with van der Waals surface area (Å²) in [4.78, 5) is 22.3. The quantitative estimate of drug-likeness (QED) is 0.821. The maximum atomic E-state index is 13.3. The van der Waals surface area contributed by atoms with Crippen LogP contribution in [-0.4, -0.2) is 24.4 Å². The number of carbonyl (C=O) groups is 2. The second-order valence-electron chi connectivity index (χ2n) is 4.05. The van der Waals surface area contributed by atoms with Crippen molar-refractivity contribution >= 4 is 11.8 Å². The monoisotopic (exact) mass is 252 g/mol. The second-order valence-corrected chi connectivity index (χ2v) is 4.05. The molecule has 4 nitrogen and oxygen atoms in total. The van der Waals surface area contributed by atoms with Gasteiger partial charge in [0.1, 0.15) is 11.9 Å². The van der Waals surface area contributed by atoms with Crippen LogP contribution in [0.1, 0.15) is 19.4 Å². The number of hydrogen-bond acceptors (Lipinski definition) is 2. The highest BCUT2D eigenvalue weighted by molar-refractivity contribution is 5.86. The van der Waals surface area contributed by atoms with Gasteiger partial charge in [-0.2, -0.15) is 0 Å². The molecule has 0 aliphatic rings. The van der Waals surface area contributed by atoms with E-state index in [1.54, 1.807) is 25.1 Å². The lowest BCUT2D eigenvalue weighted by Gasteiger charge is -2.12. The molecule has 1 atom stereocenters. The van der Waals surface area contributed by atoms with E-state index in [-0.39, 0.29) is 17.6 Å². The molecule has 0 fully saturated rings. The van der Waals surface area contributed by atoms with Crippen LogP contribution in [0.5, 0.6) is 0 Å². The van der Waals surface area contributed by atoms with Crippen LogP contribution in [0.15, 0.2) is 24.3 Å². The Labute approximate surface area is 106 Å². The molecule has 1 rings (SSSR count). The van der Waals surface area contributed by atoms with Crippen LogP contribution in [0.4, 0.5) is 4.39 Å². The first-order valence-electron chi connectivity index (χ1n) is 5.79. The molecule has 0 aliphatic heterocycles. The molecule has 1 aromatic rings. The van der Waals surface area contributed by atoms with Gasteiger partial charge in [-0.25, -0.2) is 4.39 Å². The van der Waals surface area contributed by atoms with Crippen LogP contribution in [-0.2, 0) is 16.0 Å². The van der Waals surface area contributed by atoms with Gasteiger partial charge in [0.05, 0.1) is 0 Å². The smallest absolute Gasteiger partial charge is 0.242 e. The minimum atomic E-state index is -0.580. The Balaban J connectivity index is 2.36. The summed E-state index contributed by atoms with van der Waals surface area (Å²) in [5.41, 5.74) is 0.560. The Bertz CT molecular complexity index is 435. The minimum Gasteiger partial charge on any atom is -0.354 e. The van der Waals surface area contributed by atoms with E-state index >= 15 is 0 Å². The SMILES string of the molecule is CC(=O)NC(C)C(=O)NCCc1ccccc1F. The highest BCUT2D eigenvalue weighted by atomic mass is 19.1. The lowest BCUT2D eigenvalue weighted by atomic mass is 10.1. The molecule has 2 amide bonds. The van der Waals surface area contributed by atoms with Gasteiger partial charge in [0, 0.05) is 13.5 Å². The van der Waals surface area contributed by atoms with Gasteiger partial charge in [-0.05, 0) is 25.0 Å². The summed E-state index contributed by atoms with van der Waals surface area (Å²) >= 11 is 0. The number of hydrogen-bond donors (Lipinski definition) is 2. The molecule has 1 aromatic carbocycles. The Hall–Kier alpha value is -1.91. The summed E-state index contributed by atoms with van der Waals surface area (Å²) in [6.07, 6.45) is 0.422. The Morgan fingerprint density at radius 1 is 1.33 bits per heavy atom. The third kappa shape index (κ3) is 4.53. The lowest BCUT2D eigenvalue weighted by molar-refractivity contribution is -0.127. The van der Waals surface area contributed by atoms with Gasteiger partial charge in [0.25, 0.3) is 0 Å². The van der Waals surface area contributed by atoms with Gasteiger partial charge in [-0.3, -0.25) is 9.59 Å². The molecule has 0 spiro atoms. The molecule has 98 valence electrons. The first kappa shape index (κ1) is 14.2. The minimum absolute atomic E-state index is 0.258. The highest BCUT2D eigenvalue weighted by Crippen LogP contribution is 2.06. The third-order valence-electron chi connectivity index (χ3n) is 2.46. The average Bonchev–Trinajstić information content (AvgIpc) is 2.30. The first-order chi connectivity index (χ1) is 8.50. The van der Waals surface area contributed by atoms with E-state index in [1.165, 1.54) is 13.0 Å². The summed E-state index contributed by atoms with van der Waals surface area (Å²) in [5, 5.41) is 5.12. The topological polar surface area (TPSA) is 58.2 Å². The summed E-state index contributed by atoms with van der Waals surface area (Å²) < 4.78 is 13.3. The van der Waals surface area contributed by atoms with Crippen molar-refractivity contribution in [1.82, 2.24) is 10.6 Å². The number of amides is 2. The van der Waals surface area contributed by atoms with Crippen LogP contribution in [0.3, 0.4) is 0 Å². The molecular formula is C13H17FN2O2. The molecular weight excluding hydrogens is 235 g/mol. The molecule has 0 saturated heterocycles. The zero-order chi connectivity index (χ0) is 13.5. The maximum Gasteiger partial charge on any atom is 0.242 e. The standard InChI is InChI=1S/C13H17FN2O2/c1-9(16-10(2)17)13(18)15-8-7-11-5-3-4-6-12(11)14/h3-6,9H,7-8H2,1-2H3,(H,15,18)(H,16,17). The van der Waals surface area contributed by atoms with Crippen molar-refractivity contribution in [3.05, 3.63) is 35.6 Å². The van der Waals surface area contributed by atoms with Crippen molar-refractivity contribution < 1.29 is 14.0 Å². The number of nitrogens with one attached hydrogen (secondary N) is 2. The van der Waals surface area contributed by atoms with Gasteiger partial charge in [-0.1, -0.05) is 18.2 Å². The number of benzene rings is 1. The van der Waals surface area contributed by atoms with E-state index in [2.05, 4.69) is 10.6 Å². The molecule has 0 radical (unpaired) electrons. The first-order valence-corrected chi connectivity index (χ1v) is 5.79. The largest absolute Gasteiger partial charge is 0.354 e. The van der Waals surface area contributed by atoms with Gasteiger partial charge >= 0.3 is 0 Å². The van der Waals surface area contributed by atoms with E-state index in [9.17, 15) is 14.0 Å². The van der Waals surface area contributed by atoms with Gasteiger partial charge in [-0.15, -0.1) is 0 Å². The summed E-state index contributed by atoms with van der Waals surface area (Å²) in [5.74, 6) is -0.810. The lowest BCUT2D eigenvalue weighted by Crippen LogP contribution is -2.44. The Morgan fingerprint density at radius 3 is 2.61 bits per heavy atom. The zero-order valence-corrected chi connectivity index (χ0v) is 10.5. The van der Waals surface area contributed by atoms with Crippen LogP contribution < -0.4 is 10.6 Å². The van der Waals surface area contributed by atoms with E-state index in [1.807, 2.05) is 0 Å². The van der Waals surface area contributed by atoms with E-state index < -0.39 is 6.04 Å². The predicted molar refractivity (Wildman–Crippen MR) is 66.4 cm³/mol. The van der Waals surface area contributed by atoms with Crippen molar-refractivity contribution in [1.29, 1.82) is 0 Å². The van der Waals surface area contributed by atoms with Crippen LogP contribution in [0.25, 0.3) is 0 Å². The zero-order valence-electron chi connectivity index (χ0n) is 10.5. The average molecular weight is 252 g/mol. The Kier molecular flexibility index (Phi) is 5.30.